The third-order valence-electron chi connectivity index (χ3n) is 4.07. The summed E-state index contributed by atoms with van der Waals surface area (Å²) in [4.78, 5) is 13.4. The molecule has 1 N–H and O–H groups in total. The molecule has 1 atom stereocenters. The number of rotatable bonds is 6. The van der Waals surface area contributed by atoms with Crippen LogP contribution < -0.4 is 5.32 Å². The number of carbonyl (C=O) groups is 1. The van der Waals surface area contributed by atoms with Gasteiger partial charge in [0.05, 0.1) is 6.04 Å². The molecule has 0 radical (unpaired) electrons. The fourth-order valence-corrected chi connectivity index (χ4v) is 3.39. The quantitative estimate of drug-likeness (QED) is 0.657. The van der Waals surface area contributed by atoms with Crippen molar-refractivity contribution < 1.29 is 4.79 Å². The Balaban J connectivity index is 1.56. The highest BCUT2D eigenvalue weighted by atomic mass is 32.1. The van der Waals surface area contributed by atoms with Crippen LogP contribution in [-0.2, 0) is 11.2 Å². The van der Waals surface area contributed by atoms with Gasteiger partial charge in [-0.2, -0.15) is 0 Å². The minimum Gasteiger partial charge on any atom is -0.350 e. The summed E-state index contributed by atoms with van der Waals surface area (Å²) in [7, 11) is 0. The van der Waals surface area contributed by atoms with Gasteiger partial charge in [-0.25, -0.2) is 0 Å². The summed E-state index contributed by atoms with van der Waals surface area (Å²) in [6, 6.07) is 22.8. The molecule has 0 saturated carbocycles. The lowest BCUT2D eigenvalue weighted by atomic mass is 10.0. The van der Waals surface area contributed by atoms with Crippen LogP contribution in [0.25, 0.3) is 11.1 Å². The molecule has 3 heteroatoms. The zero-order valence-electron chi connectivity index (χ0n) is 13.7. The molecular weight excluding hydrogens is 314 g/mol. The molecule has 1 heterocycles. The second kappa shape index (κ2) is 7.93. The predicted molar refractivity (Wildman–Crippen MR) is 101 cm³/mol. The molecule has 0 unspecified atom stereocenters. The van der Waals surface area contributed by atoms with Crippen LogP contribution in [0.5, 0.6) is 0 Å². The monoisotopic (exact) mass is 335 g/mol. The van der Waals surface area contributed by atoms with Crippen LogP contribution in [0.1, 0.15) is 29.8 Å². The van der Waals surface area contributed by atoms with Gasteiger partial charge in [-0.1, -0.05) is 60.7 Å². The molecule has 2 aromatic carbocycles. The molecule has 0 bridgehead atoms. The van der Waals surface area contributed by atoms with E-state index in [1.807, 2.05) is 36.6 Å². The Kier molecular flexibility index (Phi) is 5.44. The highest BCUT2D eigenvalue weighted by Crippen LogP contribution is 2.22. The van der Waals surface area contributed by atoms with Gasteiger partial charge in [0, 0.05) is 11.3 Å². The number of amides is 1. The standard InChI is InChI=1S/C21H21NOS/c1-16(22-21(23)14-13-20-8-5-15-24-20)17-9-11-19(12-10-17)18-6-3-2-4-7-18/h2-12,15-16H,13-14H2,1H3,(H,22,23)/t16-/m1/s1. The summed E-state index contributed by atoms with van der Waals surface area (Å²) in [5.41, 5.74) is 3.52. The SMILES string of the molecule is C[C@@H](NC(=O)CCc1cccs1)c1ccc(-c2ccccc2)cc1. The van der Waals surface area contributed by atoms with Crippen molar-refractivity contribution in [2.45, 2.75) is 25.8 Å². The van der Waals surface area contributed by atoms with Crippen LogP contribution in [0.4, 0.5) is 0 Å². The highest BCUT2D eigenvalue weighted by molar-refractivity contribution is 7.09. The molecule has 0 spiro atoms. The molecular formula is C21H21NOS. The van der Waals surface area contributed by atoms with Crippen LogP contribution in [0.3, 0.4) is 0 Å². The summed E-state index contributed by atoms with van der Waals surface area (Å²) in [6.45, 7) is 2.03. The first kappa shape index (κ1) is 16.5. The normalized spacial score (nSPS) is 11.9. The lowest BCUT2D eigenvalue weighted by molar-refractivity contribution is -0.121. The maximum Gasteiger partial charge on any atom is 0.220 e. The van der Waals surface area contributed by atoms with E-state index >= 15 is 0 Å². The second-order valence-electron chi connectivity index (χ2n) is 5.86. The fourth-order valence-electron chi connectivity index (χ4n) is 2.68. The maximum atomic E-state index is 12.1. The van der Waals surface area contributed by atoms with E-state index in [1.165, 1.54) is 16.0 Å². The van der Waals surface area contributed by atoms with Gasteiger partial charge in [0.2, 0.25) is 5.91 Å². The first-order valence-corrected chi connectivity index (χ1v) is 9.07. The summed E-state index contributed by atoms with van der Waals surface area (Å²) in [5.74, 6) is 0.100. The van der Waals surface area contributed by atoms with Crippen LogP contribution in [0.2, 0.25) is 0 Å². The number of aryl methyl sites for hydroxylation is 1. The fraction of sp³-hybridized carbons (Fsp3) is 0.190. The maximum absolute atomic E-state index is 12.1. The van der Waals surface area contributed by atoms with Gasteiger partial charge < -0.3 is 5.32 Å². The Hall–Kier alpha value is -2.39. The van der Waals surface area contributed by atoms with Gasteiger partial charge in [-0.05, 0) is 41.5 Å². The number of benzene rings is 2. The van der Waals surface area contributed by atoms with Crippen molar-refractivity contribution in [1.29, 1.82) is 0 Å². The van der Waals surface area contributed by atoms with Crippen molar-refractivity contribution in [2.24, 2.45) is 0 Å². The summed E-state index contributed by atoms with van der Waals surface area (Å²) < 4.78 is 0. The van der Waals surface area contributed by atoms with Crippen molar-refractivity contribution >= 4 is 17.2 Å². The smallest absolute Gasteiger partial charge is 0.220 e. The number of hydrogen-bond acceptors (Lipinski definition) is 2. The van der Waals surface area contributed by atoms with Gasteiger partial charge in [-0.15, -0.1) is 11.3 Å². The van der Waals surface area contributed by atoms with Crippen molar-refractivity contribution in [3.8, 4) is 11.1 Å². The average Bonchev–Trinajstić information content (AvgIpc) is 3.14. The topological polar surface area (TPSA) is 29.1 Å². The molecule has 0 saturated heterocycles. The van der Waals surface area contributed by atoms with E-state index in [1.54, 1.807) is 11.3 Å². The lowest BCUT2D eigenvalue weighted by Gasteiger charge is -2.15. The van der Waals surface area contributed by atoms with E-state index in [0.717, 1.165) is 12.0 Å². The number of carbonyl (C=O) groups excluding carboxylic acids is 1. The number of nitrogens with one attached hydrogen (secondary N) is 1. The number of thiophene rings is 1. The van der Waals surface area contributed by atoms with Crippen molar-refractivity contribution in [2.75, 3.05) is 0 Å². The Bertz CT molecular complexity index is 763. The van der Waals surface area contributed by atoms with E-state index in [-0.39, 0.29) is 11.9 Å². The van der Waals surface area contributed by atoms with Crippen LogP contribution in [0, 0.1) is 0 Å². The Labute approximate surface area is 147 Å². The van der Waals surface area contributed by atoms with Crippen molar-refractivity contribution in [3.05, 3.63) is 82.6 Å². The molecule has 24 heavy (non-hydrogen) atoms. The van der Waals surface area contributed by atoms with Crippen molar-refractivity contribution in [1.82, 2.24) is 5.32 Å². The molecule has 1 amide bonds. The zero-order chi connectivity index (χ0) is 16.8. The van der Waals surface area contributed by atoms with E-state index in [2.05, 4.69) is 47.8 Å². The predicted octanol–water partition coefficient (Wildman–Crippen LogP) is 5.23. The largest absolute Gasteiger partial charge is 0.350 e. The van der Waals surface area contributed by atoms with E-state index in [4.69, 9.17) is 0 Å². The number of hydrogen-bond donors (Lipinski definition) is 1. The van der Waals surface area contributed by atoms with Crippen molar-refractivity contribution in [3.63, 3.8) is 0 Å². The summed E-state index contributed by atoms with van der Waals surface area (Å²) in [5, 5.41) is 5.13. The molecule has 0 aliphatic rings. The Morgan fingerprint density at radius 2 is 1.67 bits per heavy atom. The zero-order valence-corrected chi connectivity index (χ0v) is 14.6. The van der Waals surface area contributed by atoms with Gasteiger partial charge in [0.1, 0.15) is 0 Å². The first-order chi connectivity index (χ1) is 11.7. The van der Waals surface area contributed by atoms with Crippen LogP contribution in [0.15, 0.2) is 72.1 Å². The second-order valence-corrected chi connectivity index (χ2v) is 6.89. The first-order valence-electron chi connectivity index (χ1n) is 8.19. The Morgan fingerprint density at radius 1 is 0.958 bits per heavy atom. The average molecular weight is 335 g/mol. The van der Waals surface area contributed by atoms with Crippen LogP contribution in [-0.4, -0.2) is 5.91 Å². The molecule has 2 nitrogen and oxygen atoms in total. The van der Waals surface area contributed by atoms with Gasteiger partial charge in [0.25, 0.3) is 0 Å². The third-order valence-corrected chi connectivity index (χ3v) is 5.01. The van der Waals surface area contributed by atoms with Crippen LogP contribution >= 0.6 is 11.3 Å². The van der Waals surface area contributed by atoms with Gasteiger partial charge in [0.15, 0.2) is 0 Å². The molecule has 3 rings (SSSR count). The molecule has 0 fully saturated rings. The third kappa shape index (κ3) is 4.33. The van der Waals surface area contributed by atoms with Gasteiger partial charge in [-0.3, -0.25) is 4.79 Å². The van der Waals surface area contributed by atoms with E-state index in [9.17, 15) is 4.79 Å². The molecule has 0 aliphatic heterocycles. The molecule has 122 valence electrons. The van der Waals surface area contributed by atoms with Gasteiger partial charge >= 0.3 is 0 Å². The molecule has 3 aromatic rings. The minimum atomic E-state index is 0.0191. The summed E-state index contributed by atoms with van der Waals surface area (Å²) in [6.07, 6.45) is 1.34. The minimum absolute atomic E-state index is 0.0191. The lowest BCUT2D eigenvalue weighted by Crippen LogP contribution is -2.26. The highest BCUT2D eigenvalue weighted by Gasteiger charge is 2.10. The molecule has 1 aromatic heterocycles. The van der Waals surface area contributed by atoms with E-state index in [0.29, 0.717) is 6.42 Å². The molecule has 0 aliphatic carbocycles. The Morgan fingerprint density at radius 3 is 2.33 bits per heavy atom. The summed E-state index contributed by atoms with van der Waals surface area (Å²) >= 11 is 1.70. The van der Waals surface area contributed by atoms with E-state index < -0.39 is 0 Å².